The largest absolute Gasteiger partial charge is 0.486 e. The average molecular weight is 470 g/mol. The Morgan fingerprint density at radius 3 is 2.11 bits per heavy atom. The van der Waals surface area contributed by atoms with Crippen LogP contribution >= 0.6 is 0 Å². The van der Waals surface area contributed by atoms with Crippen molar-refractivity contribution in [1.82, 2.24) is 19.5 Å². The third-order valence-electron chi connectivity index (χ3n) is 5.54. The summed E-state index contributed by atoms with van der Waals surface area (Å²) in [6, 6.07) is 15.9. The van der Waals surface area contributed by atoms with E-state index in [-0.39, 0.29) is 17.0 Å². The van der Waals surface area contributed by atoms with E-state index in [0.717, 1.165) is 6.07 Å². The predicted molar refractivity (Wildman–Crippen MR) is 124 cm³/mol. The Labute approximate surface area is 195 Å². The SMILES string of the molecule is O=[N+]([O-])c1cc(-c2nc3nc4ccccc4nc3n2-c2ccc3c(c2)OCCO3)cc([N+](=O)[O-])c1. The molecular formula is C23H14N6O6. The first kappa shape index (κ1) is 20.5. The Kier molecular flexibility index (Phi) is 4.52. The molecule has 0 N–H and O–H groups in total. The van der Waals surface area contributed by atoms with Crippen LogP contribution in [-0.4, -0.2) is 42.6 Å². The summed E-state index contributed by atoms with van der Waals surface area (Å²) in [7, 11) is 0. The van der Waals surface area contributed by atoms with Crippen LogP contribution in [0.15, 0.2) is 60.7 Å². The van der Waals surface area contributed by atoms with Crippen LogP contribution in [-0.2, 0) is 0 Å². The minimum Gasteiger partial charge on any atom is -0.486 e. The van der Waals surface area contributed by atoms with E-state index in [2.05, 4.69) is 9.97 Å². The number of hydrogen-bond acceptors (Lipinski definition) is 9. The van der Waals surface area contributed by atoms with Crippen molar-refractivity contribution in [1.29, 1.82) is 0 Å². The van der Waals surface area contributed by atoms with Gasteiger partial charge < -0.3 is 9.47 Å². The summed E-state index contributed by atoms with van der Waals surface area (Å²) >= 11 is 0. The smallest absolute Gasteiger partial charge is 0.277 e. The van der Waals surface area contributed by atoms with E-state index < -0.39 is 21.2 Å². The van der Waals surface area contributed by atoms with Crippen molar-refractivity contribution in [2.75, 3.05) is 13.2 Å². The maximum atomic E-state index is 11.5. The molecule has 3 heterocycles. The van der Waals surface area contributed by atoms with Crippen molar-refractivity contribution in [3.63, 3.8) is 0 Å². The third-order valence-corrected chi connectivity index (χ3v) is 5.54. The number of benzene rings is 3. The molecule has 0 spiro atoms. The molecule has 1 aliphatic heterocycles. The maximum absolute atomic E-state index is 11.5. The molecule has 0 radical (unpaired) electrons. The molecule has 0 saturated heterocycles. The van der Waals surface area contributed by atoms with E-state index in [1.54, 1.807) is 34.9 Å². The van der Waals surface area contributed by atoms with E-state index in [4.69, 9.17) is 14.5 Å². The highest BCUT2D eigenvalue weighted by Crippen LogP contribution is 2.37. The first-order chi connectivity index (χ1) is 17.0. The second-order valence-electron chi connectivity index (χ2n) is 7.71. The molecule has 0 aliphatic carbocycles. The number of imidazole rings is 1. The van der Waals surface area contributed by atoms with Crippen LogP contribution in [0.1, 0.15) is 0 Å². The molecule has 172 valence electrons. The van der Waals surface area contributed by atoms with Gasteiger partial charge in [0, 0.05) is 23.8 Å². The zero-order valence-electron chi connectivity index (χ0n) is 17.8. The molecule has 12 heteroatoms. The molecule has 0 saturated carbocycles. The van der Waals surface area contributed by atoms with Crippen LogP contribution in [0.2, 0.25) is 0 Å². The second kappa shape index (κ2) is 7.73. The van der Waals surface area contributed by atoms with E-state index >= 15 is 0 Å². The van der Waals surface area contributed by atoms with Crippen molar-refractivity contribution in [3.8, 4) is 28.6 Å². The van der Waals surface area contributed by atoms with Crippen molar-refractivity contribution < 1.29 is 19.3 Å². The minimum absolute atomic E-state index is 0.171. The van der Waals surface area contributed by atoms with Crippen molar-refractivity contribution in [3.05, 3.63) is 80.9 Å². The number of para-hydroxylation sites is 2. The summed E-state index contributed by atoms with van der Waals surface area (Å²) in [6.07, 6.45) is 0. The number of non-ortho nitro benzene ring substituents is 2. The molecule has 0 bridgehead atoms. The Bertz CT molecular complexity index is 1650. The van der Waals surface area contributed by atoms with Gasteiger partial charge in [0.25, 0.3) is 11.4 Å². The lowest BCUT2D eigenvalue weighted by Gasteiger charge is -2.19. The van der Waals surface area contributed by atoms with Crippen LogP contribution in [0.4, 0.5) is 11.4 Å². The lowest BCUT2D eigenvalue weighted by molar-refractivity contribution is -0.394. The monoisotopic (exact) mass is 470 g/mol. The zero-order valence-corrected chi connectivity index (χ0v) is 17.8. The van der Waals surface area contributed by atoms with Crippen LogP contribution in [0, 0.1) is 20.2 Å². The van der Waals surface area contributed by atoms with Gasteiger partial charge in [-0.15, -0.1) is 0 Å². The summed E-state index contributed by atoms with van der Waals surface area (Å²) in [4.78, 5) is 35.6. The maximum Gasteiger partial charge on any atom is 0.277 e. The number of nitrogens with zero attached hydrogens (tertiary/aromatic N) is 6. The average Bonchev–Trinajstić information content (AvgIpc) is 3.25. The van der Waals surface area contributed by atoms with Gasteiger partial charge in [0.1, 0.15) is 19.0 Å². The number of nitro groups is 2. The summed E-state index contributed by atoms with van der Waals surface area (Å²) in [5.74, 6) is 1.30. The van der Waals surface area contributed by atoms with Gasteiger partial charge in [-0.3, -0.25) is 24.8 Å². The number of ether oxygens (including phenoxy) is 2. The fraction of sp³-hybridized carbons (Fsp3) is 0.0870. The Balaban J connectivity index is 1.68. The van der Waals surface area contributed by atoms with Gasteiger partial charge in [-0.1, -0.05) is 12.1 Å². The van der Waals surface area contributed by atoms with E-state index in [1.807, 2.05) is 12.1 Å². The molecule has 5 aromatic rings. The van der Waals surface area contributed by atoms with Gasteiger partial charge in [0.15, 0.2) is 22.8 Å². The molecule has 35 heavy (non-hydrogen) atoms. The number of rotatable bonds is 4. The molecular weight excluding hydrogens is 456 g/mol. The molecule has 0 unspecified atom stereocenters. The van der Waals surface area contributed by atoms with Crippen molar-refractivity contribution in [2.24, 2.45) is 0 Å². The fourth-order valence-electron chi connectivity index (χ4n) is 4.00. The topological polar surface area (TPSA) is 148 Å². The quantitative estimate of drug-likeness (QED) is 0.278. The van der Waals surface area contributed by atoms with Crippen LogP contribution in [0.5, 0.6) is 11.5 Å². The molecule has 1 aliphatic rings. The lowest BCUT2D eigenvalue weighted by atomic mass is 10.1. The molecule has 12 nitrogen and oxygen atoms in total. The van der Waals surface area contributed by atoms with Gasteiger partial charge in [0.05, 0.1) is 32.6 Å². The van der Waals surface area contributed by atoms with Gasteiger partial charge in [0.2, 0.25) is 0 Å². The molecule has 6 rings (SSSR count). The summed E-state index contributed by atoms with van der Waals surface area (Å²) in [5.41, 5.74) is 1.78. The Morgan fingerprint density at radius 2 is 1.43 bits per heavy atom. The van der Waals surface area contributed by atoms with E-state index in [0.29, 0.717) is 47.1 Å². The number of aromatic nitrogens is 4. The summed E-state index contributed by atoms with van der Waals surface area (Å²) in [5, 5.41) is 23.0. The molecule has 2 aromatic heterocycles. The zero-order chi connectivity index (χ0) is 24.1. The first-order valence-electron chi connectivity index (χ1n) is 10.5. The highest BCUT2D eigenvalue weighted by atomic mass is 16.6. The summed E-state index contributed by atoms with van der Waals surface area (Å²) in [6.45, 7) is 0.815. The predicted octanol–water partition coefficient (Wildman–Crippen LogP) is 4.22. The second-order valence-corrected chi connectivity index (χ2v) is 7.71. The highest BCUT2D eigenvalue weighted by Gasteiger charge is 2.24. The molecule has 0 amide bonds. The number of nitro benzene ring substituents is 2. The van der Waals surface area contributed by atoms with Crippen LogP contribution in [0.25, 0.3) is 39.4 Å². The van der Waals surface area contributed by atoms with Crippen LogP contribution < -0.4 is 9.47 Å². The fourth-order valence-corrected chi connectivity index (χ4v) is 4.00. The van der Waals surface area contributed by atoms with Crippen molar-refractivity contribution >= 4 is 33.7 Å². The lowest BCUT2D eigenvalue weighted by Crippen LogP contribution is -2.15. The third kappa shape index (κ3) is 3.44. The Hall–Kier alpha value is -5.13. The molecule has 0 atom stereocenters. The summed E-state index contributed by atoms with van der Waals surface area (Å²) < 4.78 is 13.0. The first-order valence-corrected chi connectivity index (χ1v) is 10.5. The van der Waals surface area contributed by atoms with Gasteiger partial charge in [-0.25, -0.2) is 15.0 Å². The minimum atomic E-state index is -0.682. The Morgan fingerprint density at radius 1 is 0.771 bits per heavy atom. The van der Waals surface area contributed by atoms with Crippen LogP contribution in [0.3, 0.4) is 0 Å². The van der Waals surface area contributed by atoms with E-state index in [9.17, 15) is 20.2 Å². The number of fused-ring (bicyclic) bond motifs is 3. The van der Waals surface area contributed by atoms with Gasteiger partial charge >= 0.3 is 0 Å². The highest BCUT2D eigenvalue weighted by molar-refractivity contribution is 5.86. The normalized spacial score (nSPS) is 12.7. The van der Waals surface area contributed by atoms with Gasteiger partial charge in [-0.2, -0.15) is 0 Å². The van der Waals surface area contributed by atoms with Crippen molar-refractivity contribution in [2.45, 2.75) is 0 Å². The standard InChI is InChI=1S/C23H14N6O6/c30-28(31)15-9-13(10-16(11-15)29(32)33)22-26-21-23(25-18-4-2-1-3-17(18)24-21)27(22)14-5-6-19-20(12-14)35-8-7-34-19/h1-6,9-12H,7-8H2. The van der Waals surface area contributed by atoms with Gasteiger partial charge in [-0.05, 0) is 24.3 Å². The number of hydrogen-bond donors (Lipinski definition) is 0. The molecule has 3 aromatic carbocycles. The van der Waals surface area contributed by atoms with E-state index in [1.165, 1.54) is 12.1 Å². The molecule has 0 fully saturated rings.